The predicted molar refractivity (Wildman–Crippen MR) is 74.9 cm³/mol. The molecule has 0 spiro atoms. The van der Waals surface area contributed by atoms with E-state index in [9.17, 15) is 4.79 Å². The summed E-state index contributed by atoms with van der Waals surface area (Å²) in [6.45, 7) is 3.62. The van der Waals surface area contributed by atoms with Gasteiger partial charge in [0.25, 0.3) is 0 Å². The van der Waals surface area contributed by atoms with Gasteiger partial charge in [0, 0.05) is 11.8 Å². The number of carbonyl (C=O) groups excluding carboxylic acids is 1. The molecule has 0 radical (unpaired) electrons. The Kier molecular flexibility index (Phi) is 3.68. The van der Waals surface area contributed by atoms with Gasteiger partial charge in [-0.05, 0) is 49.2 Å². The topological polar surface area (TPSA) is 29.4 Å². The second kappa shape index (κ2) is 5.41. The summed E-state index contributed by atoms with van der Waals surface area (Å²) in [6, 6.07) is 15.4. The molecule has 0 bridgehead atoms. The zero-order valence-electron chi connectivity index (χ0n) is 10.6. The molecule has 2 heteroatoms. The molecule has 0 saturated heterocycles. The highest BCUT2D eigenvalue weighted by Gasteiger charge is 1.97. The van der Waals surface area contributed by atoms with E-state index in [0.29, 0.717) is 5.56 Å². The zero-order valence-corrected chi connectivity index (χ0v) is 10.6. The van der Waals surface area contributed by atoms with E-state index in [2.05, 4.69) is 18.0 Å². The third-order valence-corrected chi connectivity index (χ3v) is 2.81. The number of nitrogens with zero attached hydrogens (tertiary/aromatic N) is 1. The fourth-order valence-corrected chi connectivity index (χ4v) is 1.66. The number of hydrogen-bond acceptors (Lipinski definition) is 2. The average molecular weight is 237 g/mol. The molecule has 0 heterocycles. The Morgan fingerprint density at radius 3 is 2.33 bits per heavy atom. The average Bonchev–Trinajstić information content (AvgIpc) is 2.38. The van der Waals surface area contributed by atoms with Gasteiger partial charge in [-0.1, -0.05) is 24.3 Å². The molecule has 2 rings (SSSR count). The SMILES string of the molecule is CC(=O)c1ccc(N=Cc2ccccc2C)cc1. The number of ketones is 1. The minimum absolute atomic E-state index is 0.0735. The molecular formula is C16H15NO. The molecule has 0 aliphatic carbocycles. The van der Waals surface area contributed by atoms with E-state index in [4.69, 9.17) is 0 Å². The molecular weight excluding hydrogens is 222 g/mol. The fourth-order valence-electron chi connectivity index (χ4n) is 1.66. The van der Waals surface area contributed by atoms with Crippen molar-refractivity contribution in [3.63, 3.8) is 0 Å². The van der Waals surface area contributed by atoms with E-state index in [-0.39, 0.29) is 5.78 Å². The third kappa shape index (κ3) is 2.92. The molecule has 2 aromatic rings. The molecule has 0 atom stereocenters. The summed E-state index contributed by atoms with van der Waals surface area (Å²) >= 11 is 0. The van der Waals surface area contributed by atoms with Crippen LogP contribution in [0.5, 0.6) is 0 Å². The van der Waals surface area contributed by atoms with Crippen LogP contribution in [0.25, 0.3) is 0 Å². The molecule has 0 aliphatic rings. The molecule has 18 heavy (non-hydrogen) atoms. The van der Waals surface area contributed by atoms with Crippen molar-refractivity contribution in [3.8, 4) is 0 Å². The minimum Gasteiger partial charge on any atom is -0.295 e. The first-order valence-electron chi connectivity index (χ1n) is 5.87. The van der Waals surface area contributed by atoms with Crippen LogP contribution < -0.4 is 0 Å². The van der Waals surface area contributed by atoms with Crippen LogP contribution in [0.3, 0.4) is 0 Å². The van der Waals surface area contributed by atoms with Gasteiger partial charge in [-0.25, -0.2) is 0 Å². The Labute approximate surface area is 107 Å². The van der Waals surface area contributed by atoms with Crippen molar-refractivity contribution < 1.29 is 4.79 Å². The predicted octanol–water partition coefficient (Wildman–Crippen LogP) is 3.95. The Balaban J connectivity index is 2.19. The van der Waals surface area contributed by atoms with Crippen molar-refractivity contribution in [2.75, 3.05) is 0 Å². The molecule has 0 amide bonds. The number of rotatable bonds is 3. The third-order valence-electron chi connectivity index (χ3n) is 2.81. The maximum atomic E-state index is 11.1. The summed E-state index contributed by atoms with van der Waals surface area (Å²) in [5, 5.41) is 0. The van der Waals surface area contributed by atoms with Crippen LogP contribution in [0.4, 0.5) is 5.69 Å². The highest BCUT2D eigenvalue weighted by Crippen LogP contribution is 2.14. The lowest BCUT2D eigenvalue weighted by molar-refractivity contribution is 0.101. The van der Waals surface area contributed by atoms with Gasteiger partial charge in [-0.15, -0.1) is 0 Å². The number of carbonyl (C=O) groups is 1. The number of aliphatic imine (C=N–C) groups is 1. The van der Waals surface area contributed by atoms with Gasteiger partial charge >= 0.3 is 0 Å². The van der Waals surface area contributed by atoms with E-state index in [1.54, 1.807) is 19.1 Å². The molecule has 0 N–H and O–H groups in total. The maximum Gasteiger partial charge on any atom is 0.159 e. The Morgan fingerprint density at radius 2 is 1.72 bits per heavy atom. The summed E-state index contributed by atoms with van der Waals surface area (Å²) in [6.07, 6.45) is 1.85. The van der Waals surface area contributed by atoms with Crippen molar-refractivity contribution in [3.05, 3.63) is 65.2 Å². The maximum absolute atomic E-state index is 11.1. The van der Waals surface area contributed by atoms with Gasteiger partial charge in [-0.2, -0.15) is 0 Å². The smallest absolute Gasteiger partial charge is 0.159 e. The largest absolute Gasteiger partial charge is 0.295 e. The molecule has 0 saturated carbocycles. The van der Waals surface area contributed by atoms with Crippen LogP contribution in [0.1, 0.15) is 28.4 Å². The molecule has 0 unspecified atom stereocenters. The van der Waals surface area contributed by atoms with Gasteiger partial charge in [0.2, 0.25) is 0 Å². The van der Waals surface area contributed by atoms with Crippen LogP contribution >= 0.6 is 0 Å². The van der Waals surface area contributed by atoms with Gasteiger partial charge < -0.3 is 0 Å². The van der Waals surface area contributed by atoms with Gasteiger partial charge in [0.15, 0.2) is 5.78 Å². The first-order chi connectivity index (χ1) is 8.66. The molecule has 0 fully saturated rings. The summed E-state index contributed by atoms with van der Waals surface area (Å²) in [7, 11) is 0. The second-order valence-corrected chi connectivity index (χ2v) is 4.22. The summed E-state index contributed by atoms with van der Waals surface area (Å²) < 4.78 is 0. The standard InChI is InChI=1S/C16H15NO/c1-12-5-3-4-6-15(12)11-17-16-9-7-14(8-10-16)13(2)18/h3-11H,1-2H3. The summed E-state index contributed by atoms with van der Waals surface area (Å²) in [5.74, 6) is 0.0735. The van der Waals surface area contributed by atoms with Crippen molar-refractivity contribution in [2.45, 2.75) is 13.8 Å². The number of Topliss-reactive ketones (excluding diaryl/α,β-unsaturated/α-hetero) is 1. The van der Waals surface area contributed by atoms with E-state index >= 15 is 0 Å². The molecule has 90 valence electrons. The lowest BCUT2D eigenvalue weighted by atomic mass is 10.1. The summed E-state index contributed by atoms with van der Waals surface area (Å²) in [4.78, 5) is 15.5. The number of hydrogen-bond donors (Lipinski definition) is 0. The quantitative estimate of drug-likeness (QED) is 0.587. The van der Waals surface area contributed by atoms with Crippen LogP contribution in [0.15, 0.2) is 53.5 Å². The molecule has 2 aromatic carbocycles. The molecule has 2 nitrogen and oxygen atoms in total. The van der Waals surface area contributed by atoms with Crippen molar-refractivity contribution >= 4 is 17.7 Å². The minimum atomic E-state index is 0.0735. The second-order valence-electron chi connectivity index (χ2n) is 4.22. The zero-order chi connectivity index (χ0) is 13.0. The van der Waals surface area contributed by atoms with Crippen LogP contribution in [-0.2, 0) is 0 Å². The van der Waals surface area contributed by atoms with E-state index in [1.165, 1.54) is 5.56 Å². The van der Waals surface area contributed by atoms with E-state index in [0.717, 1.165) is 11.3 Å². The Hall–Kier alpha value is -2.22. The van der Waals surface area contributed by atoms with Crippen molar-refractivity contribution in [1.29, 1.82) is 0 Å². The van der Waals surface area contributed by atoms with E-state index in [1.807, 2.05) is 36.5 Å². The summed E-state index contributed by atoms with van der Waals surface area (Å²) in [5.41, 5.74) is 3.86. The van der Waals surface area contributed by atoms with Crippen molar-refractivity contribution in [1.82, 2.24) is 0 Å². The highest BCUT2D eigenvalue weighted by molar-refractivity contribution is 5.94. The van der Waals surface area contributed by atoms with Gasteiger partial charge in [0.1, 0.15) is 0 Å². The molecule has 0 aromatic heterocycles. The van der Waals surface area contributed by atoms with Crippen LogP contribution in [-0.4, -0.2) is 12.0 Å². The fraction of sp³-hybridized carbons (Fsp3) is 0.125. The highest BCUT2D eigenvalue weighted by atomic mass is 16.1. The number of aryl methyl sites for hydroxylation is 1. The monoisotopic (exact) mass is 237 g/mol. The Morgan fingerprint density at radius 1 is 1.06 bits per heavy atom. The first-order valence-corrected chi connectivity index (χ1v) is 5.87. The Bertz CT molecular complexity index is 582. The van der Waals surface area contributed by atoms with Gasteiger partial charge in [-0.3, -0.25) is 9.79 Å². The lowest BCUT2D eigenvalue weighted by Crippen LogP contribution is -1.89. The van der Waals surface area contributed by atoms with E-state index < -0.39 is 0 Å². The van der Waals surface area contributed by atoms with Crippen LogP contribution in [0.2, 0.25) is 0 Å². The number of benzene rings is 2. The van der Waals surface area contributed by atoms with Gasteiger partial charge in [0.05, 0.1) is 5.69 Å². The molecule has 0 aliphatic heterocycles. The lowest BCUT2D eigenvalue weighted by Gasteiger charge is -1.99. The first kappa shape index (κ1) is 12.2. The van der Waals surface area contributed by atoms with Crippen molar-refractivity contribution in [2.24, 2.45) is 4.99 Å². The normalized spacial score (nSPS) is 10.8. The van der Waals surface area contributed by atoms with Crippen LogP contribution in [0, 0.1) is 6.92 Å².